The van der Waals surface area contributed by atoms with Crippen molar-refractivity contribution in [2.45, 2.75) is 33.1 Å². The van der Waals surface area contributed by atoms with Crippen molar-refractivity contribution in [3.63, 3.8) is 0 Å². The zero-order valence-electron chi connectivity index (χ0n) is 16.6. The summed E-state index contributed by atoms with van der Waals surface area (Å²) in [5, 5.41) is 0. The molecule has 8 nitrogen and oxygen atoms in total. The van der Waals surface area contributed by atoms with Gasteiger partial charge in [-0.25, -0.2) is 24.9 Å². The Morgan fingerprint density at radius 2 is 1.63 bits per heavy atom. The van der Waals surface area contributed by atoms with E-state index in [0.29, 0.717) is 0 Å². The zero-order chi connectivity index (χ0) is 19.2. The first-order chi connectivity index (χ1) is 12.8. The molecular weight excluding hydrogens is 340 g/mol. The van der Waals surface area contributed by atoms with Crippen LogP contribution in [-0.2, 0) is 12.5 Å². The SMILES string of the molecule is Cc1nc(N2CCN(c3ncnc4c3ncn4C)CC2)cc(C(C)(C)C)n1. The molecule has 0 N–H and O–H groups in total. The van der Waals surface area contributed by atoms with Gasteiger partial charge < -0.3 is 14.4 Å². The van der Waals surface area contributed by atoms with E-state index in [2.05, 4.69) is 61.6 Å². The highest BCUT2D eigenvalue weighted by molar-refractivity contribution is 5.83. The van der Waals surface area contributed by atoms with Crippen LogP contribution in [0, 0.1) is 6.92 Å². The summed E-state index contributed by atoms with van der Waals surface area (Å²) in [6.45, 7) is 12.0. The Hall–Kier alpha value is -2.77. The van der Waals surface area contributed by atoms with Crippen LogP contribution in [0.5, 0.6) is 0 Å². The first kappa shape index (κ1) is 17.6. The van der Waals surface area contributed by atoms with E-state index in [4.69, 9.17) is 0 Å². The molecule has 4 rings (SSSR count). The highest BCUT2D eigenvalue weighted by atomic mass is 15.3. The van der Waals surface area contributed by atoms with Gasteiger partial charge in [-0.3, -0.25) is 0 Å². The Bertz CT molecular complexity index is 963. The zero-order valence-corrected chi connectivity index (χ0v) is 16.6. The maximum Gasteiger partial charge on any atom is 0.165 e. The molecule has 8 heteroatoms. The quantitative estimate of drug-likeness (QED) is 0.687. The van der Waals surface area contributed by atoms with Crippen LogP contribution in [0.2, 0.25) is 0 Å². The van der Waals surface area contributed by atoms with Crippen molar-refractivity contribution in [2.75, 3.05) is 36.0 Å². The van der Waals surface area contributed by atoms with Gasteiger partial charge in [-0.1, -0.05) is 20.8 Å². The molecule has 4 heterocycles. The van der Waals surface area contributed by atoms with Crippen molar-refractivity contribution < 1.29 is 0 Å². The smallest absolute Gasteiger partial charge is 0.165 e. The molecule has 1 aliphatic rings. The Kier molecular flexibility index (Phi) is 4.20. The monoisotopic (exact) mass is 366 g/mol. The van der Waals surface area contributed by atoms with Crippen LogP contribution in [0.4, 0.5) is 11.6 Å². The molecule has 0 spiro atoms. The molecule has 0 bridgehead atoms. The maximum absolute atomic E-state index is 4.68. The van der Waals surface area contributed by atoms with Gasteiger partial charge in [0.25, 0.3) is 0 Å². The summed E-state index contributed by atoms with van der Waals surface area (Å²) in [5.41, 5.74) is 2.82. The Morgan fingerprint density at radius 1 is 0.926 bits per heavy atom. The van der Waals surface area contributed by atoms with Crippen LogP contribution in [0.15, 0.2) is 18.7 Å². The lowest BCUT2D eigenvalue weighted by atomic mass is 9.92. The van der Waals surface area contributed by atoms with Crippen molar-refractivity contribution >= 4 is 22.8 Å². The predicted octanol–water partition coefficient (Wildman–Crippen LogP) is 2.09. The Balaban J connectivity index is 1.55. The molecule has 1 fully saturated rings. The summed E-state index contributed by atoms with van der Waals surface area (Å²) in [6, 6.07) is 2.13. The highest BCUT2D eigenvalue weighted by Crippen LogP contribution is 2.26. The summed E-state index contributed by atoms with van der Waals surface area (Å²) >= 11 is 0. The van der Waals surface area contributed by atoms with Gasteiger partial charge in [0.2, 0.25) is 0 Å². The van der Waals surface area contributed by atoms with Gasteiger partial charge in [-0.2, -0.15) is 0 Å². The van der Waals surface area contributed by atoms with Crippen LogP contribution in [-0.4, -0.2) is 55.7 Å². The summed E-state index contributed by atoms with van der Waals surface area (Å²) < 4.78 is 1.93. The second-order valence-corrected chi connectivity index (χ2v) is 8.11. The lowest BCUT2D eigenvalue weighted by molar-refractivity contribution is 0.561. The Labute approximate surface area is 159 Å². The van der Waals surface area contributed by atoms with Crippen LogP contribution >= 0.6 is 0 Å². The van der Waals surface area contributed by atoms with E-state index in [-0.39, 0.29) is 5.41 Å². The summed E-state index contributed by atoms with van der Waals surface area (Å²) in [5.74, 6) is 2.75. The first-order valence-electron chi connectivity index (χ1n) is 9.31. The minimum atomic E-state index is 0.00974. The van der Waals surface area contributed by atoms with Gasteiger partial charge in [0, 0.05) is 44.7 Å². The molecule has 0 atom stereocenters. The number of piperazine rings is 1. The average molecular weight is 366 g/mol. The first-order valence-corrected chi connectivity index (χ1v) is 9.31. The second-order valence-electron chi connectivity index (χ2n) is 8.11. The van der Waals surface area contributed by atoms with Crippen molar-refractivity contribution in [2.24, 2.45) is 7.05 Å². The molecule has 0 aliphatic carbocycles. The minimum absolute atomic E-state index is 0.00974. The van der Waals surface area contributed by atoms with Crippen molar-refractivity contribution in [1.82, 2.24) is 29.5 Å². The molecule has 1 aliphatic heterocycles. The Morgan fingerprint density at radius 3 is 2.33 bits per heavy atom. The number of aryl methyl sites for hydroxylation is 2. The van der Waals surface area contributed by atoms with Gasteiger partial charge >= 0.3 is 0 Å². The predicted molar refractivity (Wildman–Crippen MR) is 106 cm³/mol. The molecule has 0 unspecified atom stereocenters. The molecule has 0 amide bonds. The average Bonchev–Trinajstić information content (AvgIpc) is 3.02. The topological polar surface area (TPSA) is 75.9 Å². The van der Waals surface area contributed by atoms with Crippen LogP contribution in [0.3, 0.4) is 0 Å². The lowest BCUT2D eigenvalue weighted by Gasteiger charge is -2.36. The van der Waals surface area contributed by atoms with Gasteiger partial charge in [-0.05, 0) is 6.92 Å². The fourth-order valence-corrected chi connectivity index (χ4v) is 3.41. The third-order valence-corrected chi connectivity index (χ3v) is 4.97. The van der Waals surface area contributed by atoms with E-state index >= 15 is 0 Å². The number of fused-ring (bicyclic) bond motifs is 1. The minimum Gasteiger partial charge on any atom is -0.353 e. The van der Waals surface area contributed by atoms with Gasteiger partial charge in [0.05, 0.1) is 12.0 Å². The summed E-state index contributed by atoms with van der Waals surface area (Å²) in [7, 11) is 1.95. The molecular formula is C19H26N8. The number of rotatable bonds is 2. The standard InChI is InChI=1S/C19H26N8/c1-13-23-14(19(2,3)4)10-15(24-13)26-6-8-27(9-7-26)18-16-17(20-11-21-18)25(5)12-22-16/h10-12H,6-9H2,1-5H3. The second kappa shape index (κ2) is 6.44. The number of nitrogens with zero attached hydrogens (tertiary/aromatic N) is 8. The third-order valence-electron chi connectivity index (χ3n) is 4.97. The lowest BCUT2D eigenvalue weighted by Crippen LogP contribution is -2.47. The van der Waals surface area contributed by atoms with E-state index in [1.54, 1.807) is 12.7 Å². The molecule has 1 saturated heterocycles. The third kappa shape index (κ3) is 3.31. The summed E-state index contributed by atoms with van der Waals surface area (Å²) in [4.78, 5) is 27.2. The van der Waals surface area contributed by atoms with Crippen LogP contribution in [0.25, 0.3) is 11.2 Å². The van der Waals surface area contributed by atoms with Gasteiger partial charge in [0.1, 0.15) is 18.0 Å². The molecule has 0 saturated carbocycles. The van der Waals surface area contributed by atoms with Crippen molar-refractivity contribution in [3.05, 3.63) is 30.2 Å². The molecule has 0 radical (unpaired) electrons. The van der Waals surface area contributed by atoms with Gasteiger partial charge in [-0.15, -0.1) is 0 Å². The van der Waals surface area contributed by atoms with E-state index in [9.17, 15) is 0 Å². The summed E-state index contributed by atoms with van der Waals surface area (Å²) in [6.07, 6.45) is 3.41. The van der Waals surface area contributed by atoms with E-state index in [1.807, 2.05) is 18.5 Å². The molecule has 0 aromatic carbocycles. The highest BCUT2D eigenvalue weighted by Gasteiger charge is 2.24. The van der Waals surface area contributed by atoms with E-state index < -0.39 is 0 Å². The molecule has 3 aromatic rings. The number of hydrogen-bond donors (Lipinski definition) is 0. The normalized spacial score (nSPS) is 15.6. The van der Waals surface area contributed by atoms with Crippen molar-refractivity contribution in [3.8, 4) is 0 Å². The number of hydrogen-bond acceptors (Lipinski definition) is 7. The largest absolute Gasteiger partial charge is 0.353 e. The van der Waals surface area contributed by atoms with Crippen LogP contribution in [0.1, 0.15) is 32.3 Å². The number of aromatic nitrogens is 6. The van der Waals surface area contributed by atoms with Crippen molar-refractivity contribution in [1.29, 1.82) is 0 Å². The molecule has 27 heavy (non-hydrogen) atoms. The van der Waals surface area contributed by atoms with E-state index in [1.165, 1.54) is 0 Å². The number of anilines is 2. The van der Waals surface area contributed by atoms with Gasteiger partial charge in [0.15, 0.2) is 17.0 Å². The fraction of sp³-hybridized carbons (Fsp3) is 0.526. The number of imidazole rings is 1. The van der Waals surface area contributed by atoms with E-state index in [0.717, 1.165) is 60.5 Å². The van der Waals surface area contributed by atoms with Crippen LogP contribution < -0.4 is 9.80 Å². The molecule has 3 aromatic heterocycles. The molecule has 142 valence electrons. The maximum atomic E-state index is 4.68. The fourth-order valence-electron chi connectivity index (χ4n) is 3.41.